The van der Waals surface area contributed by atoms with Gasteiger partial charge in [-0.15, -0.1) is 11.3 Å². The van der Waals surface area contributed by atoms with Crippen LogP contribution in [0.3, 0.4) is 0 Å². The van der Waals surface area contributed by atoms with Crippen molar-refractivity contribution in [1.29, 1.82) is 0 Å². The van der Waals surface area contributed by atoms with Gasteiger partial charge in [-0.1, -0.05) is 57.9 Å². The number of benzene rings is 1. The smallest absolute Gasteiger partial charge is 0.408 e. The summed E-state index contributed by atoms with van der Waals surface area (Å²) in [7, 11) is 1.62. The largest absolute Gasteiger partial charge is 0.496 e. The summed E-state index contributed by atoms with van der Waals surface area (Å²) in [6.45, 7) is 15.5. The number of amides is 3. The first-order valence-corrected chi connectivity index (χ1v) is 21.6. The van der Waals surface area contributed by atoms with E-state index in [0.29, 0.717) is 42.2 Å². The lowest BCUT2D eigenvalue weighted by Gasteiger charge is -2.29. The summed E-state index contributed by atoms with van der Waals surface area (Å²) < 4.78 is 23.0. The molecule has 0 spiro atoms. The Morgan fingerprint density at radius 2 is 1.85 bits per heavy atom. The van der Waals surface area contributed by atoms with Gasteiger partial charge >= 0.3 is 12.1 Å². The summed E-state index contributed by atoms with van der Waals surface area (Å²) in [5.41, 5.74) is 8.37. The average molecular weight is 832 g/mol. The van der Waals surface area contributed by atoms with Crippen molar-refractivity contribution in [3.63, 3.8) is 0 Å². The van der Waals surface area contributed by atoms with E-state index in [-0.39, 0.29) is 30.3 Å². The van der Waals surface area contributed by atoms with Gasteiger partial charge in [0.15, 0.2) is 0 Å². The predicted octanol–water partition coefficient (Wildman–Crippen LogP) is 8.03. The van der Waals surface area contributed by atoms with E-state index in [0.717, 1.165) is 47.3 Å². The summed E-state index contributed by atoms with van der Waals surface area (Å²) in [4.78, 5) is 63.7. The maximum atomic E-state index is 14.4. The SMILES string of the molecule is CCOC(=O)[C@H]1C[C@H]1/C=C/C=C\CCCCC[C@H](NC(=O)OC(C)(C)C)C(=O)N1C[C@H](Oc2cc(-c3nc(C(C)C)cs3)nc3c(C)c(OC)ccc23)[C@@H](C)[C@H]1C(N)=O. The minimum absolute atomic E-state index is 0.0259. The Morgan fingerprint density at radius 1 is 1.08 bits per heavy atom. The van der Waals surface area contributed by atoms with Gasteiger partial charge < -0.3 is 34.9 Å². The molecule has 0 bridgehead atoms. The lowest BCUT2D eigenvalue weighted by Crippen LogP contribution is -2.54. The summed E-state index contributed by atoms with van der Waals surface area (Å²) >= 11 is 1.51. The summed E-state index contributed by atoms with van der Waals surface area (Å²) in [5, 5.41) is 6.32. The molecule has 3 heterocycles. The number of nitrogens with zero attached hydrogens (tertiary/aromatic N) is 3. The van der Waals surface area contributed by atoms with Crippen molar-refractivity contribution in [2.75, 3.05) is 20.3 Å². The molecule has 3 N–H and O–H groups in total. The molecule has 1 aliphatic carbocycles. The number of hydrogen-bond donors (Lipinski definition) is 2. The lowest BCUT2D eigenvalue weighted by molar-refractivity contribution is -0.144. The van der Waals surface area contributed by atoms with Crippen molar-refractivity contribution in [1.82, 2.24) is 20.2 Å². The second-order valence-electron chi connectivity index (χ2n) is 16.8. The number of primary amides is 1. The molecular weight excluding hydrogens is 771 g/mol. The molecule has 13 nitrogen and oxygen atoms in total. The zero-order chi connectivity index (χ0) is 43.0. The van der Waals surface area contributed by atoms with Crippen LogP contribution in [-0.4, -0.2) is 82.8 Å². The number of pyridine rings is 1. The number of alkyl carbamates (subject to hydrolysis) is 1. The number of methoxy groups -OCH3 is 1. The lowest BCUT2D eigenvalue weighted by atomic mass is 9.99. The molecule has 59 heavy (non-hydrogen) atoms. The molecule has 6 atom stereocenters. The molecule has 2 fully saturated rings. The van der Waals surface area contributed by atoms with Gasteiger partial charge in [0.05, 0.1) is 37.4 Å². The van der Waals surface area contributed by atoms with Crippen molar-refractivity contribution >= 4 is 46.1 Å². The maximum absolute atomic E-state index is 14.4. The number of unbranched alkanes of at least 4 members (excludes halogenated alkanes) is 3. The fraction of sp³-hybridized carbons (Fsp3) is 0.556. The van der Waals surface area contributed by atoms with Crippen LogP contribution in [0.15, 0.2) is 47.9 Å². The summed E-state index contributed by atoms with van der Waals surface area (Å²) in [6, 6.07) is 3.70. The van der Waals surface area contributed by atoms with Crippen LogP contribution in [-0.2, 0) is 23.9 Å². The number of nitrogens with two attached hydrogens (primary N) is 1. The highest BCUT2D eigenvalue weighted by molar-refractivity contribution is 7.13. The molecule has 1 aliphatic heterocycles. The third kappa shape index (κ3) is 11.6. The van der Waals surface area contributed by atoms with Gasteiger partial charge in [-0.2, -0.15) is 0 Å². The molecule has 320 valence electrons. The molecule has 1 aromatic carbocycles. The first-order chi connectivity index (χ1) is 28.0. The molecule has 3 aromatic rings. The third-order valence-corrected chi connectivity index (χ3v) is 11.6. The third-order valence-electron chi connectivity index (χ3n) is 10.7. The highest BCUT2D eigenvalue weighted by Gasteiger charge is 2.48. The predicted molar refractivity (Wildman–Crippen MR) is 229 cm³/mol. The Balaban J connectivity index is 1.30. The number of carbonyl (C=O) groups excluding carboxylic acids is 4. The highest BCUT2D eigenvalue weighted by atomic mass is 32.1. The number of allylic oxidation sites excluding steroid dienone is 4. The van der Waals surface area contributed by atoms with Crippen LogP contribution >= 0.6 is 11.3 Å². The first kappa shape index (κ1) is 45.1. The van der Waals surface area contributed by atoms with Crippen molar-refractivity contribution in [2.45, 2.75) is 124 Å². The molecule has 14 heteroatoms. The zero-order valence-electron chi connectivity index (χ0n) is 35.9. The van der Waals surface area contributed by atoms with Crippen LogP contribution in [0.25, 0.3) is 21.6 Å². The normalized spacial score (nSPS) is 21.0. The van der Waals surface area contributed by atoms with Crippen LogP contribution in [0.5, 0.6) is 11.5 Å². The molecule has 3 amide bonds. The second-order valence-corrected chi connectivity index (χ2v) is 17.6. The fourth-order valence-electron chi connectivity index (χ4n) is 7.41. The van der Waals surface area contributed by atoms with Crippen LogP contribution in [0.2, 0.25) is 0 Å². The molecule has 5 rings (SSSR count). The van der Waals surface area contributed by atoms with E-state index in [1.54, 1.807) is 27.9 Å². The molecule has 2 aromatic heterocycles. The number of fused-ring (bicyclic) bond motifs is 1. The number of ether oxygens (including phenoxy) is 4. The summed E-state index contributed by atoms with van der Waals surface area (Å²) in [6.07, 6.45) is 11.1. The second kappa shape index (κ2) is 19.8. The molecule has 2 aliphatic rings. The van der Waals surface area contributed by atoms with Crippen LogP contribution in [0, 0.1) is 24.7 Å². The molecule has 1 saturated carbocycles. The number of carbonyl (C=O) groups is 4. The Bertz CT molecular complexity index is 2040. The first-order valence-electron chi connectivity index (χ1n) is 20.7. The maximum Gasteiger partial charge on any atom is 0.408 e. The van der Waals surface area contributed by atoms with Gasteiger partial charge in [-0.25, -0.2) is 14.8 Å². The number of likely N-dealkylation sites (tertiary alicyclic amines) is 1. The zero-order valence-corrected chi connectivity index (χ0v) is 36.7. The number of thiazole rings is 1. The van der Waals surface area contributed by atoms with Gasteiger partial charge in [0.25, 0.3) is 0 Å². The van der Waals surface area contributed by atoms with E-state index in [1.165, 1.54) is 16.2 Å². The van der Waals surface area contributed by atoms with Gasteiger partial charge in [0, 0.05) is 28.3 Å². The van der Waals surface area contributed by atoms with Crippen LogP contribution in [0.4, 0.5) is 4.79 Å². The topological polar surface area (TPSA) is 172 Å². The van der Waals surface area contributed by atoms with Gasteiger partial charge in [-0.05, 0) is 84.3 Å². The van der Waals surface area contributed by atoms with E-state index in [1.807, 2.05) is 62.6 Å². The minimum Gasteiger partial charge on any atom is -0.496 e. The minimum atomic E-state index is -0.973. The van der Waals surface area contributed by atoms with Crippen molar-refractivity contribution in [3.05, 3.63) is 59.1 Å². The van der Waals surface area contributed by atoms with Crippen molar-refractivity contribution in [2.24, 2.45) is 23.5 Å². The van der Waals surface area contributed by atoms with Crippen molar-refractivity contribution in [3.8, 4) is 22.2 Å². The monoisotopic (exact) mass is 831 g/mol. The number of hydrogen-bond acceptors (Lipinski definition) is 11. The van der Waals surface area contributed by atoms with Gasteiger partial charge in [0.2, 0.25) is 11.8 Å². The number of aryl methyl sites for hydroxylation is 1. The van der Waals surface area contributed by atoms with E-state index in [9.17, 15) is 19.2 Å². The quantitative estimate of drug-likeness (QED) is 0.0726. The van der Waals surface area contributed by atoms with Gasteiger partial charge in [-0.3, -0.25) is 14.4 Å². The van der Waals surface area contributed by atoms with E-state index >= 15 is 0 Å². The van der Waals surface area contributed by atoms with Crippen LogP contribution < -0.4 is 20.5 Å². The Hall–Kier alpha value is -4.98. The van der Waals surface area contributed by atoms with Gasteiger partial charge in [0.1, 0.15) is 46.0 Å². The number of aromatic nitrogens is 2. The standard InChI is InChI=1S/C45H61N5O8S/c1-10-56-43(53)31-22-29(31)18-16-14-12-11-13-15-17-19-32(49-44(54)58-45(6,7)8)42(52)50-24-37(28(5)39(50)40(46)51)57-36-23-33(41-48-34(25-59-41)26(2)3)47-38-27(4)35(55-9)21-20-30(36)38/h12,14,16,18,20-21,23,25-26,28-29,31-32,37,39H,10-11,13,15,17,19,22,24H2,1-9H3,(H2,46,51)(H,49,54)/b14-12-,18-16+/t28-,29-,31+,32+,37+,39+/m1/s1. The van der Waals surface area contributed by atoms with E-state index in [4.69, 9.17) is 34.6 Å². The number of nitrogens with one attached hydrogen (secondary N) is 1. The highest BCUT2D eigenvalue weighted by Crippen LogP contribution is 2.41. The fourth-order valence-corrected chi connectivity index (χ4v) is 8.35. The summed E-state index contributed by atoms with van der Waals surface area (Å²) in [5.74, 6) is -0.00229. The average Bonchev–Trinajstić information content (AvgIpc) is 3.62. The molecule has 0 radical (unpaired) electrons. The molecular formula is C45H61N5O8S. The Labute approximate surface area is 352 Å². The van der Waals surface area contributed by atoms with E-state index in [2.05, 4.69) is 25.2 Å². The molecule has 1 saturated heterocycles. The number of rotatable bonds is 18. The van der Waals surface area contributed by atoms with Crippen molar-refractivity contribution < 1.29 is 38.1 Å². The van der Waals surface area contributed by atoms with E-state index < -0.39 is 47.6 Å². The Kier molecular flexibility index (Phi) is 15.2. The number of esters is 1. The van der Waals surface area contributed by atoms with Crippen LogP contribution in [0.1, 0.15) is 104 Å². The Morgan fingerprint density at radius 3 is 2.51 bits per heavy atom. The molecule has 0 unspecified atom stereocenters.